The molecule has 3 heteroatoms. The average Bonchev–Trinajstić information content (AvgIpc) is 2.20. The number of ether oxygens (including phenoxy) is 2. The van der Waals surface area contributed by atoms with Crippen LogP contribution in [0.4, 0.5) is 0 Å². The fourth-order valence-corrected chi connectivity index (χ4v) is 1.31. The topological polar surface area (TPSA) is 30.5 Å². The predicted octanol–water partition coefficient (Wildman–Crippen LogP) is 2.60. The quantitative estimate of drug-likeness (QED) is 0.619. The first-order valence-electron chi connectivity index (χ1n) is 6.34. The van der Waals surface area contributed by atoms with E-state index in [2.05, 4.69) is 33.0 Å². The molecule has 0 radical (unpaired) electrons. The lowest BCUT2D eigenvalue weighted by Gasteiger charge is -2.19. The Hall–Kier alpha value is -0.120. The van der Waals surface area contributed by atoms with E-state index in [4.69, 9.17) is 9.47 Å². The number of rotatable bonds is 9. The van der Waals surface area contributed by atoms with Crippen LogP contribution in [0.3, 0.4) is 0 Å². The zero-order valence-electron chi connectivity index (χ0n) is 11.6. The fourth-order valence-electron chi connectivity index (χ4n) is 1.31. The Balaban J connectivity index is 3.10. The molecule has 1 N–H and O–H groups in total. The van der Waals surface area contributed by atoms with Crippen LogP contribution in [0.25, 0.3) is 0 Å². The molecule has 3 nitrogen and oxygen atoms in total. The molecule has 0 aromatic carbocycles. The maximum Gasteiger partial charge on any atom is 0.0707 e. The maximum absolute atomic E-state index is 5.56. The van der Waals surface area contributed by atoms with Crippen molar-refractivity contribution >= 4 is 0 Å². The van der Waals surface area contributed by atoms with Gasteiger partial charge in [-0.15, -0.1) is 0 Å². The summed E-state index contributed by atoms with van der Waals surface area (Å²) in [6, 6.07) is 0.615. The lowest BCUT2D eigenvalue weighted by Crippen LogP contribution is -2.22. The van der Waals surface area contributed by atoms with Gasteiger partial charge in [0.15, 0.2) is 0 Å². The molecule has 0 heterocycles. The third-order valence-corrected chi connectivity index (χ3v) is 2.43. The summed E-state index contributed by atoms with van der Waals surface area (Å²) < 4.78 is 11.1. The van der Waals surface area contributed by atoms with E-state index in [9.17, 15) is 0 Å². The summed E-state index contributed by atoms with van der Waals surface area (Å²) in [5.74, 6) is 0. The van der Waals surface area contributed by atoms with Gasteiger partial charge in [-0.3, -0.25) is 0 Å². The van der Waals surface area contributed by atoms with Gasteiger partial charge >= 0.3 is 0 Å². The zero-order chi connectivity index (χ0) is 12.4. The SMILES string of the molecule is CNC(C)CCCCOCCOC(C)(C)C. The minimum atomic E-state index is -0.0500. The molecule has 1 atom stereocenters. The van der Waals surface area contributed by atoms with Gasteiger partial charge in [-0.2, -0.15) is 0 Å². The van der Waals surface area contributed by atoms with Crippen molar-refractivity contribution in [1.82, 2.24) is 5.32 Å². The summed E-state index contributed by atoms with van der Waals surface area (Å²) in [7, 11) is 2.00. The molecular formula is C13H29NO2. The number of hydrogen-bond acceptors (Lipinski definition) is 3. The Labute approximate surface area is 101 Å². The lowest BCUT2D eigenvalue weighted by atomic mass is 10.1. The highest BCUT2D eigenvalue weighted by atomic mass is 16.5. The molecule has 0 spiro atoms. The van der Waals surface area contributed by atoms with Crippen molar-refractivity contribution in [2.75, 3.05) is 26.9 Å². The van der Waals surface area contributed by atoms with Crippen molar-refractivity contribution in [2.24, 2.45) is 0 Å². The van der Waals surface area contributed by atoms with Crippen LogP contribution in [0.2, 0.25) is 0 Å². The average molecular weight is 231 g/mol. The first-order valence-corrected chi connectivity index (χ1v) is 6.34. The molecule has 0 rings (SSSR count). The van der Waals surface area contributed by atoms with Gasteiger partial charge in [-0.25, -0.2) is 0 Å². The zero-order valence-corrected chi connectivity index (χ0v) is 11.6. The van der Waals surface area contributed by atoms with Crippen molar-refractivity contribution < 1.29 is 9.47 Å². The summed E-state index contributed by atoms with van der Waals surface area (Å²) >= 11 is 0. The molecule has 1 unspecified atom stereocenters. The molecule has 0 aliphatic heterocycles. The molecular weight excluding hydrogens is 202 g/mol. The van der Waals surface area contributed by atoms with E-state index in [-0.39, 0.29) is 5.60 Å². The highest BCUT2D eigenvalue weighted by Crippen LogP contribution is 2.06. The second-order valence-electron chi connectivity index (χ2n) is 5.26. The molecule has 0 fully saturated rings. The predicted molar refractivity (Wildman–Crippen MR) is 68.9 cm³/mol. The van der Waals surface area contributed by atoms with E-state index in [0.717, 1.165) is 13.0 Å². The van der Waals surface area contributed by atoms with Gasteiger partial charge in [0.2, 0.25) is 0 Å². The van der Waals surface area contributed by atoms with Gasteiger partial charge in [-0.05, 0) is 54.0 Å². The molecule has 98 valence electrons. The van der Waals surface area contributed by atoms with Gasteiger partial charge in [0.25, 0.3) is 0 Å². The van der Waals surface area contributed by atoms with E-state index < -0.39 is 0 Å². The Bertz CT molecular complexity index is 155. The van der Waals surface area contributed by atoms with E-state index in [1.54, 1.807) is 0 Å². The van der Waals surface area contributed by atoms with Crippen molar-refractivity contribution in [3.63, 3.8) is 0 Å². The van der Waals surface area contributed by atoms with E-state index in [0.29, 0.717) is 19.3 Å². The first kappa shape index (κ1) is 15.9. The molecule has 0 amide bonds. The standard InChI is InChI=1S/C13H29NO2/c1-12(14-5)8-6-7-9-15-10-11-16-13(2,3)4/h12,14H,6-11H2,1-5H3. The van der Waals surface area contributed by atoms with Crippen molar-refractivity contribution in [3.8, 4) is 0 Å². The van der Waals surface area contributed by atoms with Crippen LogP contribution >= 0.6 is 0 Å². The molecule has 0 bridgehead atoms. The number of unbranched alkanes of at least 4 members (excludes halogenated alkanes) is 1. The minimum absolute atomic E-state index is 0.0500. The Morgan fingerprint density at radius 2 is 1.75 bits per heavy atom. The smallest absolute Gasteiger partial charge is 0.0707 e. The normalized spacial score (nSPS) is 14.1. The Kier molecular flexibility index (Phi) is 8.90. The highest BCUT2D eigenvalue weighted by molar-refractivity contribution is 4.58. The highest BCUT2D eigenvalue weighted by Gasteiger charge is 2.08. The molecule has 0 saturated carbocycles. The van der Waals surface area contributed by atoms with E-state index >= 15 is 0 Å². The summed E-state index contributed by atoms with van der Waals surface area (Å²) in [5.41, 5.74) is -0.0500. The largest absolute Gasteiger partial charge is 0.379 e. The van der Waals surface area contributed by atoms with Crippen LogP contribution in [0.5, 0.6) is 0 Å². The molecule has 16 heavy (non-hydrogen) atoms. The summed E-state index contributed by atoms with van der Waals surface area (Å²) in [4.78, 5) is 0. The van der Waals surface area contributed by atoms with E-state index in [1.165, 1.54) is 12.8 Å². The molecule has 0 aliphatic carbocycles. The van der Waals surface area contributed by atoms with Crippen LogP contribution in [0, 0.1) is 0 Å². The summed E-state index contributed by atoms with van der Waals surface area (Å²) in [5, 5.41) is 3.23. The fraction of sp³-hybridized carbons (Fsp3) is 1.00. The molecule has 0 aromatic heterocycles. The minimum Gasteiger partial charge on any atom is -0.379 e. The van der Waals surface area contributed by atoms with Gasteiger partial charge < -0.3 is 14.8 Å². The maximum atomic E-state index is 5.56. The van der Waals surface area contributed by atoms with Crippen LogP contribution < -0.4 is 5.32 Å². The van der Waals surface area contributed by atoms with Crippen molar-refractivity contribution in [1.29, 1.82) is 0 Å². The van der Waals surface area contributed by atoms with E-state index in [1.807, 2.05) is 7.05 Å². The Morgan fingerprint density at radius 1 is 1.06 bits per heavy atom. The van der Waals surface area contributed by atoms with Crippen LogP contribution in [0.15, 0.2) is 0 Å². The lowest BCUT2D eigenvalue weighted by molar-refractivity contribution is -0.0352. The van der Waals surface area contributed by atoms with Gasteiger partial charge in [0.1, 0.15) is 0 Å². The third-order valence-electron chi connectivity index (χ3n) is 2.43. The second-order valence-corrected chi connectivity index (χ2v) is 5.26. The van der Waals surface area contributed by atoms with Gasteiger partial charge in [0, 0.05) is 12.6 Å². The summed E-state index contributed by atoms with van der Waals surface area (Å²) in [6.07, 6.45) is 3.59. The second kappa shape index (κ2) is 8.97. The Morgan fingerprint density at radius 3 is 2.31 bits per heavy atom. The third kappa shape index (κ3) is 12.0. The van der Waals surface area contributed by atoms with Crippen LogP contribution in [-0.4, -0.2) is 38.5 Å². The molecule has 0 aromatic rings. The van der Waals surface area contributed by atoms with Crippen molar-refractivity contribution in [3.05, 3.63) is 0 Å². The van der Waals surface area contributed by atoms with Crippen molar-refractivity contribution in [2.45, 2.75) is 58.6 Å². The molecule has 0 aliphatic rings. The monoisotopic (exact) mass is 231 g/mol. The summed E-state index contributed by atoms with van der Waals surface area (Å²) in [6.45, 7) is 10.6. The van der Waals surface area contributed by atoms with Crippen LogP contribution in [0.1, 0.15) is 47.0 Å². The number of nitrogens with one attached hydrogen (secondary N) is 1. The molecule has 0 saturated heterocycles. The number of hydrogen-bond donors (Lipinski definition) is 1. The van der Waals surface area contributed by atoms with Gasteiger partial charge in [0.05, 0.1) is 18.8 Å². The van der Waals surface area contributed by atoms with Crippen LogP contribution in [-0.2, 0) is 9.47 Å². The first-order chi connectivity index (χ1) is 7.45. The van der Waals surface area contributed by atoms with Gasteiger partial charge in [-0.1, -0.05) is 0 Å².